The number of nitrogens with zero attached hydrogens (tertiary/aromatic N) is 2. The van der Waals surface area contributed by atoms with Gasteiger partial charge in [0.25, 0.3) is 5.01 Å². The van der Waals surface area contributed by atoms with Gasteiger partial charge in [0.1, 0.15) is 4.70 Å². The molecular formula is C27H25N2S2+. The Morgan fingerprint density at radius 3 is 2.71 bits per heavy atom. The Hall–Kier alpha value is -2.56. The lowest BCUT2D eigenvalue weighted by atomic mass is 10.0. The normalized spacial score (nSPS) is 19.0. The molecule has 3 aliphatic rings. The van der Waals surface area contributed by atoms with Crippen LogP contribution < -0.4 is 9.47 Å². The van der Waals surface area contributed by atoms with Crippen LogP contribution in [0.15, 0.2) is 82.8 Å². The first kappa shape index (κ1) is 19.1. The van der Waals surface area contributed by atoms with Crippen LogP contribution in [0.1, 0.15) is 29.0 Å². The van der Waals surface area contributed by atoms with Crippen LogP contribution in [-0.4, -0.2) is 6.54 Å². The number of thioether (sulfide) groups is 1. The summed E-state index contributed by atoms with van der Waals surface area (Å²) < 4.78 is 3.90. The molecule has 0 saturated heterocycles. The van der Waals surface area contributed by atoms with Gasteiger partial charge in [-0.3, -0.25) is 0 Å². The van der Waals surface area contributed by atoms with Gasteiger partial charge in [-0.2, -0.15) is 4.57 Å². The van der Waals surface area contributed by atoms with Gasteiger partial charge in [0.05, 0.1) is 10.7 Å². The van der Waals surface area contributed by atoms with Crippen LogP contribution >= 0.6 is 23.1 Å². The predicted molar refractivity (Wildman–Crippen MR) is 134 cm³/mol. The molecule has 0 spiro atoms. The number of aromatic nitrogens is 1. The highest BCUT2D eigenvalue weighted by atomic mass is 32.2. The minimum Gasteiger partial charge on any atom is -0.335 e. The van der Waals surface area contributed by atoms with Crippen molar-refractivity contribution in [2.45, 2.75) is 37.1 Å². The minimum atomic E-state index is 1.13. The van der Waals surface area contributed by atoms with E-state index in [0.29, 0.717) is 0 Å². The fourth-order valence-corrected chi connectivity index (χ4v) is 7.19. The first-order valence-corrected chi connectivity index (χ1v) is 12.7. The summed E-state index contributed by atoms with van der Waals surface area (Å²) in [5.74, 6) is 0. The summed E-state index contributed by atoms with van der Waals surface area (Å²) >= 11 is 3.80. The second-order valence-electron chi connectivity index (χ2n) is 8.21. The molecule has 0 fully saturated rings. The van der Waals surface area contributed by atoms with Gasteiger partial charge in [-0.05, 0) is 43.0 Å². The number of aryl methyl sites for hydroxylation is 3. The lowest BCUT2D eigenvalue weighted by molar-refractivity contribution is -0.671. The third kappa shape index (κ3) is 3.48. The molecule has 31 heavy (non-hydrogen) atoms. The summed E-state index contributed by atoms with van der Waals surface area (Å²) in [6.07, 6.45) is 20.1. The largest absolute Gasteiger partial charge is 0.335 e. The van der Waals surface area contributed by atoms with Gasteiger partial charge in [-0.1, -0.05) is 77.7 Å². The molecule has 2 nitrogen and oxygen atoms in total. The van der Waals surface area contributed by atoms with Gasteiger partial charge in [0.2, 0.25) is 5.52 Å². The third-order valence-corrected chi connectivity index (χ3v) is 8.47. The second kappa shape index (κ2) is 8.18. The molecule has 0 saturated carbocycles. The zero-order valence-corrected chi connectivity index (χ0v) is 19.1. The van der Waals surface area contributed by atoms with Gasteiger partial charge >= 0.3 is 0 Å². The first-order chi connectivity index (χ1) is 15.4. The van der Waals surface area contributed by atoms with E-state index in [2.05, 4.69) is 88.4 Å². The molecule has 154 valence electrons. The van der Waals surface area contributed by atoms with E-state index >= 15 is 0 Å². The van der Waals surface area contributed by atoms with E-state index in [1.165, 1.54) is 67.6 Å². The van der Waals surface area contributed by atoms with E-state index in [1.807, 2.05) is 23.1 Å². The molecule has 0 amide bonds. The summed E-state index contributed by atoms with van der Waals surface area (Å²) in [5, 5.41) is 2.69. The van der Waals surface area contributed by atoms with E-state index in [4.69, 9.17) is 0 Å². The second-order valence-corrected chi connectivity index (χ2v) is 10.3. The van der Waals surface area contributed by atoms with Crippen molar-refractivity contribution in [3.05, 3.63) is 94.0 Å². The highest BCUT2D eigenvalue weighted by Crippen LogP contribution is 2.49. The topological polar surface area (TPSA) is 7.12 Å². The van der Waals surface area contributed by atoms with E-state index in [0.717, 1.165) is 13.1 Å². The molecule has 0 bridgehead atoms. The molecule has 1 aromatic heterocycles. The molecule has 0 atom stereocenters. The Morgan fingerprint density at radius 2 is 1.71 bits per heavy atom. The minimum absolute atomic E-state index is 1.13. The van der Waals surface area contributed by atoms with Crippen LogP contribution in [0.4, 0.5) is 5.69 Å². The van der Waals surface area contributed by atoms with Crippen LogP contribution in [0, 0.1) is 0 Å². The van der Waals surface area contributed by atoms with Gasteiger partial charge in [-0.25, -0.2) is 0 Å². The molecule has 0 radical (unpaired) electrons. The average Bonchev–Trinajstić information content (AvgIpc) is 3.35. The van der Waals surface area contributed by atoms with Crippen LogP contribution in [0.2, 0.25) is 0 Å². The van der Waals surface area contributed by atoms with Crippen LogP contribution in [0.25, 0.3) is 16.3 Å². The number of hydrogen-bond donors (Lipinski definition) is 0. The number of para-hydroxylation sites is 2. The van der Waals surface area contributed by atoms with Crippen molar-refractivity contribution in [2.75, 3.05) is 11.4 Å². The van der Waals surface area contributed by atoms with Crippen molar-refractivity contribution in [2.24, 2.45) is 0 Å². The van der Waals surface area contributed by atoms with Gasteiger partial charge in [0, 0.05) is 29.5 Å². The molecule has 3 aliphatic heterocycles. The van der Waals surface area contributed by atoms with E-state index in [1.54, 1.807) is 0 Å². The van der Waals surface area contributed by atoms with Crippen molar-refractivity contribution in [3.63, 3.8) is 0 Å². The summed E-state index contributed by atoms with van der Waals surface area (Å²) in [4.78, 5) is 3.90. The summed E-state index contributed by atoms with van der Waals surface area (Å²) in [6.45, 7) is 2.26. The van der Waals surface area contributed by atoms with Crippen molar-refractivity contribution < 1.29 is 4.57 Å². The van der Waals surface area contributed by atoms with Crippen molar-refractivity contribution in [3.8, 4) is 0 Å². The number of allylic oxidation sites excluding steroid dienone is 6. The fraction of sp³-hybridized carbons (Fsp3) is 0.222. The van der Waals surface area contributed by atoms with Gasteiger partial charge in [-0.15, -0.1) is 0 Å². The Morgan fingerprint density at radius 1 is 0.871 bits per heavy atom. The maximum atomic E-state index is 2.49. The van der Waals surface area contributed by atoms with Crippen LogP contribution in [0.5, 0.6) is 0 Å². The first-order valence-electron chi connectivity index (χ1n) is 11.1. The van der Waals surface area contributed by atoms with E-state index in [-0.39, 0.29) is 0 Å². The Balaban J connectivity index is 1.15. The Kier molecular flexibility index (Phi) is 5.05. The molecular weight excluding hydrogens is 416 g/mol. The molecule has 2 aromatic carbocycles. The smallest absolute Gasteiger partial charge is 0.262 e. The Bertz CT molecular complexity index is 1280. The lowest BCUT2D eigenvalue weighted by Crippen LogP contribution is -2.38. The SMILES string of the molecule is C(/C=C/C=C/C=C/c1sc2cccc3c2[n+]1CCC3)=C1/Sc2cccc3c2N1CCC3. The van der Waals surface area contributed by atoms with Gasteiger partial charge in [0.15, 0.2) is 6.54 Å². The van der Waals surface area contributed by atoms with Crippen LogP contribution in [-0.2, 0) is 19.4 Å². The highest BCUT2D eigenvalue weighted by molar-refractivity contribution is 8.03. The predicted octanol–water partition coefficient (Wildman–Crippen LogP) is 6.66. The van der Waals surface area contributed by atoms with Crippen molar-refractivity contribution >= 4 is 45.1 Å². The zero-order chi connectivity index (χ0) is 20.6. The van der Waals surface area contributed by atoms with Gasteiger partial charge < -0.3 is 4.90 Å². The summed E-state index contributed by atoms with van der Waals surface area (Å²) in [7, 11) is 0. The number of anilines is 1. The fourth-order valence-electron chi connectivity index (χ4n) is 4.89. The average molecular weight is 442 g/mol. The van der Waals surface area contributed by atoms with Crippen molar-refractivity contribution in [1.82, 2.24) is 0 Å². The number of rotatable bonds is 4. The van der Waals surface area contributed by atoms with E-state index < -0.39 is 0 Å². The maximum Gasteiger partial charge on any atom is 0.262 e. The quantitative estimate of drug-likeness (QED) is 0.330. The monoisotopic (exact) mass is 441 g/mol. The molecule has 4 heteroatoms. The summed E-state index contributed by atoms with van der Waals surface area (Å²) in [5.41, 5.74) is 5.90. The molecule has 3 aromatic rings. The molecule has 4 heterocycles. The number of hydrogen-bond acceptors (Lipinski definition) is 3. The highest BCUT2D eigenvalue weighted by Gasteiger charge is 2.29. The lowest BCUT2D eigenvalue weighted by Gasteiger charge is -2.27. The third-order valence-electron chi connectivity index (χ3n) is 6.24. The number of benzene rings is 2. The molecule has 6 rings (SSSR count). The maximum absolute atomic E-state index is 2.49. The van der Waals surface area contributed by atoms with E-state index in [9.17, 15) is 0 Å². The van der Waals surface area contributed by atoms with Crippen molar-refractivity contribution in [1.29, 1.82) is 0 Å². The standard InChI is InChI=1S/C27H25N2S2/c1(2-4-16-24-28-18-8-12-20-10-6-14-22(30-24)26(20)28)3-5-17-25-29-19-9-13-21-11-7-15-23(31-25)27(21)29/h1-7,10-11,14-17H,8-9,12-13,18-19H2/q+1. The Labute approximate surface area is 191 Å². The zero-order valence-electron chi connectivity index (χ0n) is 17.5. The number of thiazole rings is 1. The summed E-state index contributed by atoms with van der Waals surface area (Å²) in [6, 6.07) is 13.5. The van der Waals surface area contributed by atoms with Crippen LogP contribution in [0.3, 0.4) is 0 Å². The molecule has 0 aliphatic carbocycles. The molecule has 0 N–H and O–H groups in total. The molecule has 0 unspecified atom stereocenters.